The van der Waals surface area contributed by atoms with Gasteiger partial charge < -0.3 is 14.5 Å². The molecule has 12 rings (SSSR count). The molecule has 0 N–H and O–H groups in total. The van der Waals surface area contributed by atoms with Gasteiger partial charge in [-0.2, -0.15) is 0 Å². The van der Waals surface area contributed by atoms with Crippen LogP contribution in [0.2, 0.25) is 0 Å². The van der Waals surface area contributed by atoms with E-state index in [0.717, 1.165) is 62.3 Å². The number of rotatable bonds is 7. The van der Waals surface area contributed by atoms with Crippen LogP contribution in [0.1, 0.15) is 22.3 Å². The Morgan fingerprint density at radius 3 is 1.40 bits per heavy atom. The highest BCUT2D eigenvalue weighted by molar-refractivity contribution is 6.07. The largest absolute Gasteiger partial charge is 0.457 e. The van der Waals surface area contributed by atoms with E-state index in [4.69, 9.17) is 4.74 Å². The minimum atomic E-state index is -0.697. The van der Waals surface area contributed by atoms with Gasteiger partial charge in [-0.25, -0.2) is 0 Å². The Morgan fingerprint density at radius 1 is 0.306 bits per heavy atom. The molecule has 0 saturated carbocycles. The van der Waals surface area contributed by atoms with E-state index < -0.39 is 5.41 Å². The molecule has 3 heteroatoms. The quantitative estimate of drug-likeness (QED) is 0.160. The van der Waals surface area contributed by atoms with Crippen LogP contribution in [-0.4, -0.2) is 0 Å². The van der Waals surface area contributed by atoms with Gasteiger partial charge >= 0.3 is 0 Å². The fourth-order valence-corrected chi connectivity index (χ4v) is 10.2. The SMILES string of the molecule is c1ccc(-c2cccc(N(c3ccccc3)c3cccc4c3-c3c(N(c5ccccc5)c5cccc6ccccc56)cccc3C43c4ccccc4Oc4ccccc43)c2)cc1. The average molecular weight is 793 g/mol. The summed E-state index contributed by atoms with van der Waals surface area (Å²) in [7, 11) is 0. The molecule has 0 aromatic heterocycles. The maximum absolute atomic E-state index is 6.81. The van der Waals surface area contributed by atoms with Crippen molar-refractivity contribution in [3.05, 3.63) is 265 Å². The lowest BCUT2D eigenvalue weighted by Crippen LogP contribution is -2.32. The maximum Gasteiger partial charge on any atom is 0.132 e. The van der Waals surface area contributed by atoms with Gasteiger partial charge in [-0.05, 0) is 94.4 Å². The van der Waals surface area contributed by atoms with E-state index in [-0.39, 0.29) is 0 Å². The Kier molecular flexibility index (Phi) is 8.39. The van der Waals surface area contributed by atoms with E-state index in [2.05, 4.69) is 252 Å². The Bertz CT molecular complexity index is 3240. The highest BCUT2D eigenvalue weighted by atomic mass is 16.5. The summed E-state index contributed by atoms with van der Waals surface area (Å²) in [5.41, 5.74) is 15.2. The van der Waals surface area contributed by atoms with Gasteiger partial charge in [-0.1, -0.05) is 176 Å². The lowest BCUT2D eigenvalue weighted by Gasteiger charge is -2.39. The molecule has 0 fully saturated rings. The van der Waals surface area contributed by atoms with Crippen molar-refractivity contribution in [3.63, 3.8) is 0 Å². The van der Waals surface area contributed by atoms with Crippen LogP contribution in [-0.2, 0) is 5.41 Å². The lowest BCUT2D eigenvalue weighted by molar-refractivity contribution is 0.436. The third-order valence-electron chi connectivity index (χ3n) is 12.7. The van der Waals surface area contributed by atoms with Crippen molar-refractivity contribution in [2.75, 3.05) is 9.80 Å². The summed E-state index contributed by atoms with van der Waals surface area (Å²) in [5, 5.41) is 2.37. The van der Waals surface area contributed by atoms with Gasteiger partial charge in [-0.3, -0.25) is 0 Å². The number of nitrogens with zero attached hydrogens (tertiary/aromatic N) is 2. The molecule has 62 heavy (non-hydrogen) atoms. The molecule has 0 atom stereocenters. The van der Waals surface area contributed by atoms with Crippen molar-refractivity contribution >= 4 is 44.9 Å². The minimum absolute atomic E-state index is 0.697. The van der Waals surface area contributed by atoms with Gasteiger partial charge in [0, 0.05) is 44.7 Å². The summed E-state index contributed by atoms with van der Waals surface area (Å²) >= 11 is 0. The molecule has 3 nitrogen and oxygen atoms in total. The lowest BCUT2D eigenvalue weighted by atomic mass is 9.66. The first-order valence-electron chi connectivity index (χ1n) is 21.3. The smallest absolute Gasteiger partial charge is 0.132 e. The standard InChI is InChI=1S/C59H40N2O/c1-4-20-41(21-5-1)43-24-16-29-46(40-43)60(44-25-6-2-7-26-44)53-36-18-33-50-57(53)58-51(59(50)48-31-12-14-38-55(48)62-56-39-15-13-32-49(56)59)34-19-37-54(58)61(45-27-8-3-9-28-45)52-35-17-23-42-22-10-11-30-47(42)52/h1-40H. The van der Waals surface area contributed by atoms with Gasteiger partial charge in [-0.15, -0.1) is 0 Å². The zero-order valence-corrected chi connectivity index (χ0v) is 33.9. The Morgan fingerprint density at radius 2 is 0.742 bits per heavy atom. The molecule has 0 saturated heterocycles. The molecule has 292 valence electrons. The number of benzene rings is 10. The first-order valence-corrected chi connectivity index (χ1v) is 21.3. The topological polar surface area (TPSA) is 15.7 Å². The molecule has 1 heterocycles. The summed E-state index contributed by atoms with van der Waals surface area (Å²) in [6.45, 7) is 0. The fourth-order valence-electron chi connectivity index (χ4n) is 10.2. The van der Waals surface area contributed by atoms with Crippen molar-refractivity contribution in [2.45, 2.75) is 5.41 Å². The molecule has 10 aromatic rings. The van der Waals surface area contributed by atoms with Crippen LogP contribution in [0.25, 0.3) is 33.0 Å². The van der Waals surface area contributed by atoms with E-state index in [1.54, 1.807) is 0 Å². The van der Waals surface area contributed by atoms with Gasteiger partial charge in [0.1, 0.15) is 11.5 Å². The molecular formula is C59H40N2O. The van der Waals surface area contributed by atoms with E-state index in [1.165, 1.54) is 38.6 Å². The molecule has 1 spiro atoms. The minimum Gasteiger partial charge on any atom is -0.457 e. The molecule has 0 amide bonds. The van der Waals surface area contributed by atoms with E-state index in [9.17, 15) is 0 Å². The van der Waals surface area contributed by atoms with Gasteiger partial charge in [0.2, 0.25) is 0 Å². The molecule has 2 aliphatic rings. The molecule has 1 aliphatic carbocycles. The molecule has 0 radical (unpaired) electrons. The molecule has 0 bridgehead atoms. The number of hydrogen-bond donors (Lipinski definition) is 0. The zero-order valence-electron chi connectivity index (χ0n) is 33.9. The number of fused-ring (bicyclic) bond motifs is 10. The van der Waals surface area contributed by atoms with E-state index >= 15 is 0 Å². The summed E-state index contributed by atoms with van der Waals surface area (Å²) < 4.78 is 6.81. The van der Waals surface area contributed by atoms with Crippen LogP contribution >= 0.6 is 0 Å². The third kappa shape index (κ3) is 5.45. The first kappa shape index (κ1) is 35.8. The van der Waals surface area contributed by atoms with Crippen molar-refractivity contribution in [3.8, 4) is 33.8 Å². The highest BCUT2D eigenvalue weighted by Gasteiger charge is 2.53. The fraction of sp³-hybridized carbons (Fsp3) is 0.0169. The van der Waals surface area contributed by atoms with Gasteiger partial charge in [0.05, 0.1) is 22.5 Å². The Labute approximate surface area is 362 Å². The van der Waals surface area contributed by atoms with Crippen LogP contribution in [0, 0.1) is 0 Å². The predicted molar refractivity (Wildman–Crippen MR) is 256 cm³/mol. The van der Waals surface area contributed by atoms with Crippen LogP contribution < -0.4 is 14.5 Å². The molecule has 0 unspecified atom stereocenters. The zero-order chi connectivity index (χ0) is 41.0. The summed E-state index contributed by atoms with van der Waals surface area (Å²) in [6, 6.07) is 87.7. The summed E-state index contributed by atoms with van der Waals surface area (Å²) in [4.78, 5) is 4.92. The molecule has 10 aromatic carbocycles. The van der Waals surface area contributed by atoms with E-state index in [1.807, 2.05) is 0 Å². The second-order valence-corrected chi connectivity index (χ2v) is 16.0. The van der Waals surface area contributed by atoms with Crippen molar-refractivity contribution in [1.29, 1.82) is 0 Å². The third-order valence-corrected chi connectivity index (χ3v) is 12.7. The predicted octanol–water partition coefficient (Wildman–Crippen LogP) is 15.9. The van der Waals surface area contributed by atoms with Gasteiger partial charge in [0.15, 0.2) is 0 Å². The van der Waals surface area contributed by atoms with Crippen molar-refractivity contribution in [1.82, 2.24) is 0 Å². The Balaban J connectivity index is 1.23. The second kappa shape index (κ2) is 14.5. The van der Waals surface area contributed by atoms with Crippen LogP contribution in [0.5, 0.6) is 11.5 Å². The van der Waals surface area contributed by atoms with Crippen LogP contribution in [0.15, 0.2) is 243 Å². The first-order chi connectivity index (χ1) is 30.8. The average Bonchev–Trinajstić information content (AvgIpc) is 3.64. The Hall–Kier alpha value is -8.14. The van der Waals surface area contributed by atoms with Crippen molar-refractivity contribution < 1.29 is 4.74 Å². The number of hydrogen-bond acceptors (Lipinski definition) is 3. The maximum atomic E-state index is 6.81. The van der Waals surface area contributed by atoms with E-state index in [0.29, 0.717) is 0 Å². The summed E-state index contributed by atoms with van der Waals surface area (Å²) in [6.07, 6.45) is 0. The van der Waals surface area contributed by atoms with Crippen LogP contribution in [0.4, 0.5) is 34.1 Å². The second-order valence-electron chi connectivity index (χ2n) is 16.0. The number of ether oxygens (including phenoxy) is 1. The summed E-state index contributed by atoms with van der Waals surface area (Å²) in [5.74, 6) is 1.73. The number of anilines is 6. The number of para-hydroxylation sites is 4. The normalized spacial score (nSPS) is 12.8. The monoisotopic (exact) mass is 792 g/mol. The molecule has 1 aliphatic heterocycles. The van der Waals surface area contributed by atoms with Gasteiger partial charge in [0.25, 0.3) is 0 Å². The van der Waals surface area contributed by atoms with Crippen molar-refractivity contribution in [2.24, 2.45) is 0 Å². The molecular weight excluding hydrogens is 753 g/mol. The highest BCUT2D eigenvalue weighted by Crippen LogP contribution is 2.66. The van der Waals surface area contributed by atoms with Crippen LogP contribution in [0.3, 0.4) is 0 Å².